The number of imide groups is 1. The molecule has 1 saturated heterocycles. The maximum Gasteiger partial charge on any atom is 0.325 e. The van der Waals surface area contributed by atoms with Crippen molar-refractivity contribution in [3.8, 4) is 0 Å². The lowest BCUT2D eigenvalue weighted by molar-refractivity contribution is -0.385. The summed E-state index contributed by atoms with van der Waals surface area (Å²) in [4.78, 5) is 47.9. The van der Waals surface area contributed by atoms with Gasteiger partial charge in [0.25, 0.3) is 17.2 Å². The van der Waals surface area contributed by atoms with Crippen molar-refractivity contribution in [1.82, 2.24) is 14.8 Å². The van der Waals surface area contributed by atoms with E-state index in [1.807, 2.05) is 0 Å². The first kappa shape index (κ1) is 17.4. The molecule has 1 fully saturated rings. The summed E-state index contributed by atoms with van der Waals surface area (Å²) in [7, 11) is 0. The van der Waals surface area contributed by atoms with Crippen molar-refractivity contribution in [2.24, 2.45) is 0 Å². The summed E-state index contributed by atoms with van der Waals surface area (Å²) in [5.74, 6) is 0.392. The molecule has 0 radical (unpaired) electrons. The van der Waals surface area contributed by atoms with Crippen LogP contribution in [0.1, 0.15) is 18.4 Å². The lowest BCUT2D eigenvalue weighted by atomic mass is 9.99. The highest BCUT2D eigenvalue weighted by atomic mass is 16.6. The van der Waals surface area contributed by atoms with Gasteiger partial charge in [-0.25, -0.2) is 4.79 Å². The third-order valence-corrected chi connectivity index (χ3v) is 4.25. The number of nitrogens with zero attached hydrogens (tertiary/aromatic N) is 3. The summed E-state index contributed by atoms with van der Waals surface area (Å²) in [6.07, 6.45) is 1.08. The smallest absolute Gasteiger partial charge is 0.325 e. The number of pyridine rings is 1. The molecule has 0 bridgehead atoms. The average Bonchev–Trinajstić information content (AvgIpc) is 3.10. The van der Waals surface area contributed by atoms with Gasteiger partial charge in [-0.3, -0.25) is 24.6 Å². The van der Waals surface area contributed by atoms with E-state index < -0.39 is 28.0 Å². The number of aryl methyl sites for hydroxylation is 1. The van der Waals surface area contributed by atoms with Gasteiger partial charge in [0.05, 0.1) is 11.1 Å². The van der Waals surface area contributed by atoms with Crippen LogP contribution in [0.2, 0.25) is 0 Å². The summed E-state index contributed by atoms with van der Waals surface area (Å²) >= 11 is 0. The van der Waals surface area contributed by atoms with Crippen LogP contribution in [0.25, 0.3) is 0 Å². The monoisotopic (exact) mass is 360 g/mol. The molecule has 10 heteroatoms. The van der Waals surface area contributed by atoms with Crippen molar-refractivity contribution >= 4 is 17.6 Å². The van der Waals surface area contributed by atoms with Gasteiger partial charge in [-0.2, -0.15) is 0 Å². The molecule has 3 amide bonds. The second kappa shape index (κ2) is 6.14. The van der Waals surface area contributed by atoms with E-state index in [0.29, 0.717) is 11.5 Å². The molecular weight excluding hydrogens is 344 g/mol. The van der Waals surface area contributed by atoms with E-state index in [0.717, 1.165) is 27.8 Å². The van der Waals surface area contributed by atoms with Gasteiger partial charge in [0.15, 0.2) is 5.54 Å². The van der Waals surface area contributed by atoms with Crippen LogP contribution in [-0.4, -0.2) is 32.9 Å². The normalized spacial score (nSPS) is 19.7. The van der Waals surface area contributed by atoms with Crippen LogP contribution in [0.4, 0.5) is 10.5 Å². The van der Waals surface area contributed by atoms with E-state index in [9.17, 15) is 24.5 Å². The minimum Gasteiger partial charge on any atom is -0.463 e. The van der Waals surface area contributed by atoms with Gasteiger partial charge in [-0.15, -0.1) is 0 Å². The van der Waals surface area contributed by atoms with Crippen LogP contribution in [0.5, 0.6) is 0 Å². The predicted octanol–water partition coefficient (Wildman–Crippen LogP) is 1.13. The molecule has 0 saturated carbocycles. The highest BCUT2D eigenvalue weighted by molar-refractivity contribution is 6.06. The molecule has 1 atom stereocenters. The zero-order chi connectivity index (χ0) is 19.1. The van der Waals surface area contributed by atoms with E-state index in [1.165, 1.54) is 6.92 Å². The number of hydrogen-bond acceptors (Lipinski definition) is 6. The first-order chi connectivity index (χ1) is 12.2. The number of nitrogens with one attached hydrogen (secondary N) is 1. The van der Waals surface area contributed by atoms with Gasteiger partial charge in [0.2, 0.25) is 0 Å². The maximum atomic E-state index is 12.7. The fourth-order valence-electron chi connectivity index (χ4n) is 2.78. The Balaban J connectivity index is 1.80. The first-order valence-electron chi connectivity index (χ1n) is 7.78. The van der Waals surface area contributed by atoms with Gasteiger partial charge in [-0.1, -0.05) is 0 Å². The van der Waals surface area contributed by atoms with E-state index in [1.54, 1.807) is 19.1 Å². The fourth-order valence-corrected chi connectivity index (χ4v) is 2.78. The number of carbonyl (C=O) groups is 2. The Hall–Kier alpha value is -3.43. The molecule has 0 aromatic carbocycles. The van der Waals surface area contributed by atoms with Crippen molar-refractivity contribution in [3.05, 3.63) is 62.5 Å². The Morgan fingerprint density at radius 3 is 2.54 bits per heavy atom. The molecule has 0 spiro atoms. The minimum atomic E-state index is -1.33. The zero-order valence-corrected chi connectivity index (χ0v) is 14.1. The number of carbonyl (C=O) groups excluding carboxylic acids is 2. The summed E-state index contributed by atoms with van der Waals surface area (Å²) < 4.78 is 6.56. The third-order valence-electron chi connectivity index (χ3n) is 4.25. The summed E-state index contributed by atoms with van der Waals surface area (Å²) in [5, 5.41) is 13.4. The largest absolute Gasteiger partial charge is 0.463 e. The number of hydrogen-bond donors (Lipinski definition) is 1. The topological polar surface area (TPSA) is 128 Å². The molecule has 3 rings (SSSR count). The molecule has 2 aromatic heterocycles. The summed E-state index contributed by atoms with van der Waals surface area (Å²) in [6.45, 7) is 3.08. The molecule has 0 unspecified atom stereocenters. The second-order valence-corrected chi connectivity index (χ2v) is 6.10. The first-order valence-corrected chi connectivity index (χ1v) is 7.78. The molecule has 3 heterocycles. The van der Waals surface area contributed by atoms with Crippen molar-refractivity contribution in [2.75, 3.05) is 6.54 Å². The number of furan rings is 1. The standard InChI is InChI=1S/C16H16N4O6/c1-10-3-5-12(26-10)16(2)14(22)19(15(23)17-16)8-7-18-9-11(20(24)25)4-6-13(18)21/h3-6,9H,7-8H2,1-2H3,(H,17,23)/t16-/m0/s1. The highest BCUT2D eigenvalue weighted by Crippen LogP contribution is 2.30. The Bertz CT molecular complexity index is 962. The quantitative estimate of drug-likeness (QED) is 0.483. The molecule has 1 aliphatic rings. The summed E-state index contributed by atoms with van der Waals surface area (Å²) in [6, 6.07) is 4.85. The van der Waals surface area contributed by atoms with E-state index in [-0.39, 0.29) is 18.8 Å². The Morgan fingerprint density at radius 2 is 1.92 bits per heavy atom. The lowest BCUT2D eigenvalue weighted by Gasteiger charge is -2.19. The number of nitro groups is 1. The van der Waals surface area contributed by atoms with Crippen LogP contribution < -0.4 is 10.9 Å². The predicted molar refractivity (Wildman–Crippen MR) is 88.4 cm³/mol. The van der Waals surface area contributed by atoms with Crippen molar-refractivity contribution in [1.29, 1.82) is 0 Å². The van der Waals surface area contributed by atoms with Gasteiger partial charge >= 0.3 is 6.03 Å². The molecule has 2 aromatic rings. The Morgan fingerprint density at radius 1 is 1.19 bits per heavy atom. The van der Waals surface area contributed by atoms with Gasteiger partial charge < -0.3 is 14.3 Å². The van der Waals surface area contributed by atoms with Crippen molar-refractivity contribution in [2.45, 2.75) is 25.9 Å². The number of rotatable bonds is 5. The number of amides is 3. The van der Waals surface area contributed by atoms with E-state index >= 15 is 0 Å². The van der Waals surface area contributed by atoms with Crippen LogP contribution in [0.15, 0.2) is 39.7 Å². The highest BCUT2D eigenvalue weighted by Gasteiger charge is 2.50. The van der Waals surface area contributed by atoms with Crippen LogP contribution in [0.3, 0.4) is 0 Å². The molecule has 0 aliphatic carbocycles. The van der Waals surface area contributed by atoms with E-state index in [4.69, 9.17) is 4.42 Å². The third kappa shape index (κ3) is 2.85. The SMILES string of the molecule is Cc1ccc([C@]2(C)NC(=O)N(CCn3cc([N+](=O)[O-])ccc3=O)C2=O)o1. The minimum absolute atomic E-state index is 0.0626. The van der Waals surface area contributed by atoms with Crippen molar-refractivity contribution < 1.29 is 18.9 Å². The van der Waals surface area contributed by atoms with Crippen LogP contribution in [0, 0.1) is 17.0 Å². The van der Waals surface area contributed by atoms with Gasteiger partial charge in [0.1, 0.15) is 11.5 Å². The molecular formula is C16H16N4O6. The molecule has 26 heavy (non-hydrogen) atoms. The van der Waals surface area contributed by atoms with Crippen molar-refractivity contribution in [3.63, 3.8) is 0 Å². The van der Waals surface area contributed by atoms with Crippen LogP contribution in [-0.2, 0) is 16.9 Å². The molecule has 1 N–H and O–H groups in total. The molecule has 136 valence electrons. The number of aromatic nitrogens is 1. The fraction of sp³-hybridized carbons (Fsp3) is 0.312. The zero-order valence-electron chi connectivity index (χ0n) is 14.1. The van der Waals surface area contributed by atoms with Gasteiger partial charge in [0, 0.05) is 25.2 Å². The number of urea groups is 1. The lowest BCUT2D eigenvalue weighted by Crippen LogP contribution is -2.41. The average molecular weight is 360 g/mol. The summed E-state index contributed by atoms with van der Waals surface area (Å²) in [5.41, 5.74) is -2.05. The van der Waals surface area contributed by atoms with Gasteiger partial charge in [-0.05, 0) is 26.0 Å². The molecule has 10 nitrogen and oxygen atoms in total. The Kier molecular flexibility index (Phi) is 4.10. The second-order valence-electron chi connectivity index (χ2n) is 6.10. The molecule has 1 aliphatic heterocycles. The maximum absolute atomic E-state index is 12.7. The Labute approximate surface area is 147 Å². The van der Waals surface area contributed by atoms with E-state index in [2.05, 4.69) is 5.32 Å². The van der Waals surface area contributed by atoms with Crippen LogP contribution >= 0.6 is 0 Å².